The summed E-state index contributed by atoms with van der Waals surface area (Å²) in [5.74, 6) is 1.20. The SMILES string of the molecule is CC(C)[C@@H]1CC[C@@H](C)C[C@@]12OCC[C@@H](C[C@H](O)c1ccccc1)O2. The topological polar surface area (TPSA) is 38.7 Å². The van der Waals surface area contributed by atoms with Crippen LogP contribution < -0.4 is 0 Å². The van der Waals surface area contributed by atoms with E-state index in [1.807, 2.05) is 30.3 Å². The molecule has 2 fully saturated rings. The molecular formula is C21H32O3. The summed E-state index contributed by atoms with van der Waals surface area (Å²) in [4.78, 5) is 0. The first-order chi connectivity index (χ1) is 11.5. The second kappa shape index (κ2) is 7.55. The van der Waals surface area contributed by atoms with Crippen molar-refractivity contribution in [2.24, 2.45) is 17.8 Å². The Morgan fingerprint density at radius 1 is 1.17 bits per heavy atom. The van der Waals surface area contributed by atoms with E-state index in [1.54, 1.807) is 0 Å². The van der Waals surface area contributed by atoms with Crippen LogP contribution in [-0.2, 0) is 9.47 Å². The first kappa shape index (κ1) is 17.9. The van der Waals surface area contributed by atoms with E-state index in [2.05, 4.69) is 20.8 Å². The Hall–Kier alpha value is -0.900. The third-order valence-corrected chi connectivity index (χ3v) is 5.80. The van der Waals surface area contributed by atoms with Gasteiger partial charge >= 0.3 is 0 Å². The van der Waals surface area contributed by atoms with Gasteiger partial charge < -0.3 is 14.6 Å². The van der Waals surface area contributed by atoms with Crippen molar-refractivity contribution in [3.63, 3.8) is 0 Å². The molecule has 1 aromatic carbocycles. The van der Waals surface area contributed by atoms with Crippen LogP contribution in [0.5, 0.6) is 0 Å². The summed E-state index contributed by atoms with van der Waals surface area (Å²) in [5.41, 5.74) is 0.971. The zero-order valence-corrected chi connectivity index (χ0v) is 15.3. The average molecular weight is 332 g/mol. The van der Waals surface area contributed by atoms with Crippen molar-refractivity contribution in [1.29, 1.82) is 0 Å². The van der Waals surface area contributed by atoms with Gasteiger partial charge in [-0.15, -0.1) is 0 Å². The lowest BCUT2D eigenvalue weighted by molar-refractivity contribution is -0.341. The fourth-order valence-corrected chi connectivity index (χ4v) is 4.53. The molecule has 1 spiro atoms. The van der Waals surface area contributed by atoms with Gasteiger partial charge in [0, 0.05) is 18.8 Å². The third kappa shape index (κ3) is 3.84. The fraction of sp³-hybridized carbons (Fsp3) is 0.714. The zero-order chi connectivity index (χ0) is 17.2. The molecule has 0 aromatic heterocycles. The van der Waals surface area contributed by atoms with Gasteiger partial charge in [-0.05, 0) is 30.2 Å². The van der Waals surface area contributed by atoms with E-state index in [0.29, 0.717) is 24.2 Å². The van der Waals surface area contributed by atoms with Crippen molar-refractivity contribution < 1.29 is 14.6 Å². The maximum Gasteiger partial charge on any atom is 0.171 e. The highest BCUT2D eigenvalue weighted by molar-refractivity contribution is 5.17. The van der Waals surface area contributed by atoms with Crippen molar-refractivity contribution >= 4 is 0 Å². The Morgan fingerprint density at radius 3 is 2.62 bits per heavy atom. The van der Waals surface area contributed by atoms with Gasteiger partial charge in [-0.3, -0.25) is 0 Å². The molecule has 0 radical (unpaired) electrons. The summed E-state index contributed by atoms with van der Waals surface area (Å²) >= 11 is 0. The molecule has 0 amide bonds. The molecule has 3 heteroatoms. The monoisotopic (exact) mass is 332 g/mol. The molecule has 1 saturated carbocycles. The van der Waals surface area contributed by atoms with Crippen LogP contribution in [0.2, 0.25) is 0 Å². The largest absolute Gasteiger partial charge is 0.388 e. The normalized spacial score (nSPS) is 35.3. The number of hydrogen-bond acceptors (Lipinski definition) is 3. The van der Waals surface area contributed by atoms with Gasteiger partial charge in [0.2, 0.25) is 0 Å². The molecule has 3 rings (SSSR count). The molecule has 134 valence electrons. The van der Waals surface area contributed by atoms with Gasteiger partial charge in [0.25, 0.3) is 0 Å². The summed E-state index contributed by atoms with van der Waals surface area (Å²) in [7, 11) is 0. The molecule has 24 heavy (non-hydrogen) atoms. The molecule has 3 nitrogen and oxygen atoms in total. The second-order valence-electron chi connectivity index (χ2n) is 8.09. The minimum Gasteiger partial charge on any atom is -0.388 e. The smallest absolute Gasteiger partial charge is 0.171 e. The van der Waals surface area contributed by atoms with Crippen molar-refractivity contribution in [1.82, 2.24) is 0 Å². The Balaban J connectivity index is 1.70. The number of benzene rings is 1. The summed E-state index contributed by atoms with van der Waals surface area (Å²) in [5, 5.41) is 10.6. The van der Waals surface area contributed by atoms with Crippen LogP contribution in [0.25, 0.3) is 0 Å². The van der Waals surface area contributed by atoms with Crippen molar-refractivity contribution in [3.8, 4) is 0 Å². The van der Waals surface area contributed by atoms with Crippen LogP contribution in [0, 0.1) is 17.8 Å². The number of ether oxygens (including phenoxy) is 2. The third-order valence-electron chi connectivity index (χ3n) is 5.80. The minimum absolute atomic E-state index is 0.0699. The Kier molecular flexibility index (Phi) is 5.63. The molecule has 5 atom stereocenters. The molecule has 0 bridgehead atoms. The van der Waals surface area contributed by atoms with Crippen LogP contribution in [-0.4, -0.2) is 23.6 Å². The van der Waals surface area contributed by atoms with E-state index in [9.17, 15) is 5.11 Å². The van der Waals surface area contributed by atoms with E-state index in [-0.39, 0.29) is 6.10 Å². The summed E-state index contributed by atoms with van der Waals surface area (Å²) in [6.07, 6.45) is 4.53. The zero-order valence-electron chi connectivity index (χ0n) is 15.3. The van der Waals surface area contributed by atoms with Crippen molar-refractivity contribution in [2.75, 3.05) is 6.61 Å². The number of aliphatic hydroxyl groups is 1. The lowest BCUT2D eigenvalue weighted by atomic mass is 9.72. The highest BCUT2D eigenvalue weighted by atomic mass is 16.7. The molecule has 1 saturated heterocycles. The van der Waals surface area contributed by atoms with Gasteiger partial charge in [-0.25, -0.2) is 0 Å². The quantitative estimate of drug-likeness (QED) is 0.868. The molecule has 1 heterocycles. The van der Waals surface area contributed by atoms with E-state index < -0.39 is 11.9 Å². The summed E-state index contributed by atoms with van der Waals surface area (Å²) < 4.78 is 12.8. The summed E-state index contributed by atoms with van der Waals surface area (Å²) in [6.45, 7) is 7.59. The van der Waals surface area contributed by atoms with Gasteiger partial charge in [0.1, 0.15) is 0 Å². The molecule has 2 aliphatic rings. The van der Waals surface area contributed by atoms with E-state index >= 15 is 0 Å². The van der Waals surface area contributed by atoms with E-state index in [4.69, 9.17) is 9.47 Å². The lowest BCUT2D eigenvalue weighted by Crippen LogP contribution is -2.54. The van der Waals surface area contributed by atoms with Crippen LogP contribution in [0.1, 0.15) is 64.5 Å². The van der Waals surface area contributed by atoms with Gasteiger partial charge in [-0.1, -0.05) is 57.5 Å². The van der Waals surface area contributed by atoms with E-state index in [0.717, 1.165) is 25.0 Å². The first-order valence-corrected chi connectivity index (χ1v) is 9.55. The fourth-order valence-electron chi connectivity index (χ4n) is 4.53. The first-order valence-electron chi connectivity index (χ1n) is 9.55. The van der Waals surface area contributed by atoms with Gasteiger partial charge in [-0.2, -0.15) is 0 Å². The van der Waals surface area contributed by atoms with Gasteiger partial charge in [0.15, 0.2) is 5.79 Å². The highest BCUT2D eigenvalue weighted by Gasteiger charge is 2.49. The predicted molar refractivity (Wildman–Crippen MR) is 95.5 cm³/mol. The van der Waals surface area contributed by atoms with Crippen molar-refractivity contribution in [3.05, 3.63) is 35.9 Å². The number of aliphatic hydroxyl groups excluding tert-OH is 1. The number of hydrogen-bond donors (Lipinski definition) is 1. The Bertz CT molecular complexity index is 515. The standard InChI is InChI=1S/C21H32O3/c1-15(2)19-10-9-16(3)14-21(19)23-12-11-18(24-21)13-20(22)17-7-5-4-6-8-17/h4-8,15-16,18-20,22H,9-14H2,1-3H3/t16-,18+,19+,20+,21+/m1/s1. The molecule has 1 N–H and O–H groups in total. The highest BCUT2D eigenvalue weighted by Crippen LogP contribution is 2.47. The summed E-state index contributed by atoms with van der Waals surface area (Å²) in [6, 6.07) is 9.90. The molecule has 1 aromatic rings. The molecule has 1 aliphatic heterocycles. The molecule has 1 aliphatic carbocycles. The minimum atomic E-state index is -0.468. The van der Waals surface area contributed by atoms with Crippen LogP contribution in [0.15, 0.2) is 30.3 Å². The Labute approximate surface area is 146 Å². The molecular weight excluding hydrogens is 300 g/mol. The maximum atomic E-state index is 10.6. The molecule has 0 unspecified atom stereocenters. The number of rotatable bonds is 4. The van der Waals surface area contributed by atoms with Crippen LogP contribution >= 0.6 is 0 Å². The van der Waals surface area contributed by atoms with Gasteiger partial charge in [0.05, 0.1) is 18.8 Å². The van der Waals surface area contributed by atoms with Crippen LogP contribution in [0.4, 0.5) is 0 Å². The lowest BCUT2D eigenvalue weighted by Gasteiger charge is -2.51. The Morgan fingerprint density at radius 2 is 1.92 bits per heavy atom. The maximum absolute atomic E-state index is 10.6. The predicted octanol–water partition coefficient (Wildman–Crippen LogP) is 4.70. The average Bonchev–Trinajstić information content (AvgIpc) is 2.55. The van der Waals surface area contributed by atoms with Crippen LogP contribution in [0.3, 0.4) is 0 Å². The van der Waals surface area contributed by atoms with E-state index in [1.165, 1.54) is 12.8 Å². The second-order valence-corrected chi connectivity index (χ2v) is 8.09. The van der Waals surface area contributed by atoms with Crippen molar-refractivity contribution in [2.45, 2.75) is 70.9 Å².